The predicted molar refractivity (Wildman–Crippen MR) is 126 cm³/mol. The Morgan fingerprint density at radius 3 is 2.74 bits per heavy atom. The van der Waals surface area contributed by atoms with Gasteiger partial charge in [-0.15, -0.1) is 6.42 Å². The highest BCUT2D eigenvalue weighted by molar-refractivity contribution is 6.04. The Hall–Kier alpha value is -3.96. The lowest BCUT2D eigenvalue weighted by atomic mass is 9.93. The Labute approximate surface area is 194 Å². The number of fused-ring (bicyclic) bond motifs is 2. The molecule has 1 aliphatic rings. The van der Waals surface area contributed by atoms with Crippen molar-refractivity contribution in [2.24, 2.45) is 0 Å². The van der Waals surface area contributed by atoms with E-state index in [2.05, 4.69) is 15.9 Å². The number of methoxy groups -OCH3 is 1. The summed E-state index contributed by atoms with van der Waals surface area (Å²) in [5.74, 6) is 1.55. The standard InChI is InChI=1S/C26H21F2N3O3/c1-4-17-21(27)8-5-15-11-16(32)12-20(22(15)17)18-6-7-19-24(23(18)28)29-26(33-3)30-25(19)31-9-10-34-13-14(31)2/h1,5-8,11-12,14,32H,9-10,13H2,2-3H3. The molecule has 172 valence electrons. The fraction of sp³-hybridized carbons (Fsp3) is 0.231. The highest BCUT2D eigenvalue weighted by atomic mass is 19.1. The average Bonchev–Trinajstić information content (AvgIpc) is 2.84. The lowest BCUT2D eigenvalue weighted by molar-refractivity contribution is 0.0986. The van der Waals surface area contributed by atoms with E-state index >= 15 is 4.39 Å². The van der Waals surface area contributed by atoms with Crippen LogP contribution in [0.2, 0.25) is 0 Å². The summed E-state index contributed by atoms with van der Waals surface area (Å²) < 4.78 is 41.4. The van der Waals surface area contributed by atoms with Gasteiger partial charge in [0, 0.05) is 22.9 Å². The number of hydrogen-bond acceptors (Lipinski definition) is 6. The number of aromatic nitrogens is 2. The monoisotopic (exact) mass is 461 g/mol. The molecule has 3 aromatic carbocycles. The molecule has 0 amide bonds. The predicted octanol–water partition coefficient (Wildman–Crippen LogP) is 4.65. The van der Waals surface area contributed by atoms with Gasteiger partial charge in [0.25, 0.3) is 0 Å². The number of aromatic hydroxyl groups is 1. The minimum Gasteiger partial charge on any atom is -0.508 e. The Morgan fingerprint density at radius 2 is 2.00 bits per heavy atom. The van der Waals surface area contributed by atoms with E-state index in [0.717, 1.165) is 0 Å². The molecular weight excluding hydrogens is 440 g/mol. The van der Waals surface area contributed by atoms with E-state index in [-0.39, 0.29) is 40.0 Å². The molecule has 1 aromatic heterocycles. The van der Waals surface area contributed by atoms with Crippen LogP contribution >= 0.6 is 0 Å². The smallest absolute Gasteiger partial charge is 0.318 e. The number of ether oxygens (including phenoxy) is 2. The molecular formula is C26H21F2N3O3. The van der Waals surface area contributed by atoms with Crippen LogP contribution in [0.5, 0.6) is 11.8 Å². The lowest BCUT2D eigenvalue weighted by Crippen LogP contribution is -2.44. The summed E-state index contributed by atoms with van der Waals surface area (Å²) in [5, 5.41) is 11.6. The molecule has 0 aliphatic carbocycles. The van der Waals surface area contributed by atoms with Gasteiger partial charge in [0.1, 0.15) is 22.9 Å². The topological polar surface area (TPSA) is 67.7 Å². The number of phenols is 1. The highest BCUT2D eigenvalue weighted by Gasteiger charge is 2.26. The summed E-state index contributed by atoms with van der Waals surface area (Å²) in [6.45, 7) is 3.62. The van der Waals surface area contributed by atoms with Gasteiger partial charge in [0.05, 0.1) is 31.9 Å². The molecule has 4 aromatic rings. The third-order valence-corrected chi connectivity index (χ3v) is 6.07. The molecule has 0 radical (unpaired) electrons. The maximum absolute atomic E-state index is 16.1. The van der Waals surface area contributed by atoms with Crippen LogP contribution in [0.25, 0.3) is 32.8 Å². The number of halogens is 2. The number of anilines is 1. The third-order valence-electron chi connectivity index (χ3n) is 6.07. The second-order valence-corrected chi connectivity index (χ2v) is 8.13. The van der Waals surface area contributed by atoms with E-state index in [4.69, 9.17) is 15.9 Å². The van der Waals surface area contributed by atoms with Crippen molar-refractivity contribution in [2.45, 2.75) is 13.0 Å². The second-order valence-electron chi connectivity index (χ2n) is 8.13. The minimum absolute atomic E-state index is 0.00454. The zero-order chi connectivity index (χ0) is 24.0. The second kappa shape index (κ2) is 8.43. The van der Waals surface area contributed by atoms with Crippen LogP contribution in [-0.4, -0.2) is 48.0 Å². The van der Waals surface area contributed by atoms with Gasteiger partial charge in [0.2, 0.25) is 0 Å². The summed E-state index contributed by atoms with van der Waals surface area (Å²) in [7, 11) is 1.42. The van der Waals surface area contributed by atoms with E-state index in [0.29, 0.717) is 41.7 Å². The molecule has 2 heterocycles. The number of morpholine rings is 1. The molecule has 1 fully saturated rings. The maximum atomic E-state index is 16.1. The van der Waals surface area contributed by atoms with Gasteiger partial charge in [-0.05, 0) is 42.1 Å². The number of benzene rings is 3. The SMILES string of the molecule is C#Cc1c(F)ccc2cc(O)cc(-c3ccc4c(N5CCOCC5C)nc(OC)nc4c3F)c12. The first-order valence-corrected chi connectivity index (χ1v) is 10.7. The van der Waals surface area contributed by atoms with Crippen molar-refractivity contribution in [3.63, 3.8) is 0 Å². The molecule has 6 nitrogen and oxygen atoms in total. The van der Waals surface area contributed by atoms with Gasteiger partial charge in [-0.25, -0.2) is 8.78 Å². The molecule has 1 aliphatic heterocycles. The van der Waals surface area contributed by atoms with E-state index in [1.807, 2.05) is 11.8 Å². The first-order chi connectivity index (χ1) is 16.4. The Bertz CT molecular complexity index is 1480. The summed E-state index contributed by atoms with van der Waals surface area (Å²) in [6, 6.07) is 8.89. The number of phenolic OH excluding ortho intramolecular Hbond substituents is 1. The maximum Gasteiger partial charge on any atom is 0.318 e. The molecule has 1 unspecified atom stereocenters. The number of hydrogen-bond donors (Lipinski definition) is 1. The summed E-state index contributed by atoms with van der Waals surface area (Å²) >= 11 is 0. The van der Waals surface area contributed by atoms with Crippen LogP contribution in [0.15, 0.2) is 36.4 Å². The third kappa shape index (κ3) is 3.45. The van der Waals surface area contributed by atoms with Crippen LogP contribution in [0, 0.1) is 24.0 Å². The van der Waals surface area contributed by atoms with Crippen LogP contribution in [0.3, 0.4) is 0 Å². The van der Waals surface area contributed by atoms with Crippen LogP contribution in [0.1, 0.15) is 12.5 Å². The van der Waals surface area contributed by atoms with E-state index in [1.54, 1.807) is 12.1 Å². The van der Waals surface area contributed by atoms with Crippen molar-refractivity contribution in [3.05, 3.63) is 53.6 Å². The zero-order valence-electron chi connectivity index (χ0n) is 18.6. The van der Waals surface area contributed by atoms with Crippen LogP contribution in [-0.2, 0) is 4.74 Å². The highest BCUT2D eigenvalue weighted by Crippen LogP contribution is 2.40. The molecule has 1 atom stereocenters. The van der Waals surface area contributed by atoms with Gasteiger partial charge in [0.15, 0.2) is 5.82 Å². The summed E-state index contributed by atoms with van der Waals surface area (Å²) in [5.41, 5.74) is 0.432. The van der Waals surface area contributed by atoms with Crippen LogP contribution < -0.4 is 9.64 Å². The van der Waals surface area contributed by atoms with Crippen molar-refractivity contribution in [1.29, 1.82) is 0 Å². The Balaban J connectivity index is 1.81. The summed E-state index contributed by atoms with van der Waals surface area (Å²) in [6.07, 6.45) is 5.58. The molecule has 5 rings (SSSR count). The summed E-state index contributed by atoms with van der Waals surface area (Å²) in [4.78, 5) is 10.8. The molecule has 0 bridgehead atoms. The van der Waals surface area contributed by atoms with Gasteiger partial charge >= 0.3 is 6.01 Å². The van der Waals surface area contributed by atoms with Gasteiger partial charge < -0.3 is 19.5 Å². The molecule has 1 saturated heterocycles. The molecule has 1 N–H and O–H groups in total. The van der Waals surface area contributed by atoms with Crippen molar-refractivity contribution in [1.82, 2.24) is 9.97 Å². The van der Waals surface area contributed by atoms with Crippen molar-refractivity contribution >= 4 is 27.5 Å². The van der Waals surface area contributed by atoms with Crippen molar-refractivity contribution in [2.75, 3.05) is 31.8 Å². The van der Waals surface area contributed by atoms with Gasteiger partial charge in [-0.2, -0.15) is 9.97 Å². The molecule has 34 heavy (non-hydrogen) atoms. The molecule has 0 spiro atoms. The largest absolute Gasteiger partial charge is 0.508 e. The quantitative estimate of drug-likeness (QED) is 0.448. The van der Waals surface area contributed by atoms with E-state index < -0.39 is 11.6 Å². The van der Waals surface area contributed by atoms with Crippen LogP contribution in [0.4, 0.5) is 14.6 Å². The lowest BCUT2D eigenvalue weighted by Gasteiger charge is -2.34. The Kier molecular flexibility index (Phi) is 5.42. The van der Waals surface area contributed by atoms with E-state index in [9.17, 15) is 9.50 Å². The number of rotatable bonds is 3. The fourth-order valence-electron chi connectivity index (χ4n) is 4.46. The van der Waals surface area contributed by atoms with Crippen molar-refractivity contribution < 1.29 is 23.4 Å². The molecule has 8 heteroatoms. The Morgan fingerprint density at radius 1 is 1.18 bits per heavy atom. The number of terminal acetylenes is 1. The molecule has 0 saturated carbocycles. The van der Waals surface area contributed by atoms with Gasteiger partial charge in [-0.1, -0.05) is 18.1 Å². The van der Waals surface area contributed by atoms with Crippen molar-refractivity contribution in [3.8, 4) is 35.2 Å². The average molecular weight is 461 g/mol. The number of nitrogens with zero attached hydrogens (tertiary/aromatic N) is 3. The fourth-order valence-corrected chi connectivity index (χ4v) is 4.46. The first kappa shape index (κ1) is 21.9. The van der Waals surface area contributed by atoms with Gasteiger partial charge in [-0.3, -0.25) is 0 Å². The van der Waals surface area contributed by atoms with E-state index in [1.165, 1.54) is 31.4 Å². The normalized spacial score (nSPS) is 16.1. The first-order valence-electron chi connectivity index (χ1n) is 10.7. The zero-order valence-corrected chi connectivity index (χ0v) is 18.6. The minimum atomic E-state index is -0.653.